The van der Waals surface area contributed by atoms with Crippen molar-refractivity contribution in [2.45, 2.75) is 77.3 Å². The number of hydrogen-bond acceptors (Lipinski definition) is 5. The number of allylic oxidation sites excluding steroid dienone is 1. The third kappa shape index (κ3) is 7.42. The quantitative estimate of drug-likeness (QED) is 0.107. The van der Waals surface area contributed by atoms with Gasteiger partial charge in [-0.15, -0.1) is 0 Å². The highest BCUT2D eigenvalue weighted by molar-refractivity contribution is 6.00. The maximum atomic E-state index is 13.9. The Morgan fingerprint density at radius 1 is 0.889 bits per heavy atom. The average Bonchev–Trinajstić information content (AvgIpc) is 3.05. The third-order valence-corrected chi connectivity index (χ3v) is 9.18. The van der Waals surface area contributed by atoms with Gasteiger partial charge in [-0.1, -0.05) is 68.0 Å². The van der Waals surface area contributed by atoms with Crippen molar-refractivity contribution in [2.75, 3.05) is 24.6 Å². The first-order valence-electron chi connectivity index (χ1n) is 16.3. The molecule has 0 aliphatic carbocycles. The smallest absolute Gasteiger partial charge is 0.269 e. The second-order valence-corrected chi connectivity index (χ2v) is 12.3. The van der Waals surface area contributed by atoms with E-state index in [9.17, 15) is 18.8 Å². The zero-order valence-corrected chi connectivity index (χ0v) is 26.5. The summed E-state index contributed by atoms with van der Waals surface area (Å²) >= 11 is 0. The number of nitrogens with zero attached hydrogens (tertiary/aromatic N) is 3. The van der Waals surface area contributed by atoms with Gasteiger partial charge in [-0.05, 0) is 92.6 Å². The van der Waals surface area contributed by atoms with Crippen LogP contribution in [-0.4, -0.2) is 52.6 Å². The van der Waals surface area contributed by atoms with Crippen LogP contribution in [0.4, 0.5) is 10.1 Å². The molecule has 1 amide bonds. The van der Waals surface area contributed by atoms with Crippen LogP contribution in [0.25, 0.3) is 6.08 Å². The number of carbonyl (C=O) groups is 3. The molecule has 0 radical (unpaired) electrons. The van der Waals surface area contributed by atoms with Gasteiger partial charge in [-0.2, -0.15) is 0 Å². The van der Waals surface area contributed by atoms with Gasteiger partial charge >= 0.3 is 0 Å². The number of aryl methyl sites for hydroxylation is 1. The second kappa shape index (κ2) is 14.8. The van der Waals surface area contributed by atoms with E-state index < -0.39 is 5.54 Å². The zero-order valence-electron chi connectivity index (χ0n) is 26.5. The van der Waals surface area contributed by atoms with Gasteiger partial charge in [-0.3, -0.25) is 19.4 Å². The lowest BCUT2D eigenvalue weighted by Gasteiger charge is -2.61. The molecule has 0 N–H and O–H groups in total. The summed E-state index contributed by atoms with van der Waals surface area (Å²) in [4.78, 5) is 41.5. The fraction of sp³-hybridized carbons (Fsp3) is 0.395. The lowest BCUT2D eigenvalue weighted by molar-refractivity contribution is -0.158. The Morgan fingerprint density at radius 3 is 2.33 bits per heavy atom. The van der Waals surface area contributed by atoms with Crippen molar-refractivity contribution in [3.05, 3.63) is 107 Å². The Morgan fingerprint density at radius 2 is 1.60 bits per heavy atom. The van der Waals surface area contributed by atoms with Crippen LogP contribution >= 0.6 is 0 Å². The minimum absolute atomic E-state index is 0.0569. The molecule has 5 rings (SSSR count). The lowest BCUT2D eigenvalue weighted by Crippen LogP contribution is -2.79. The highest BCUT2D eigenvalue weighted by atomic mass is 19.1. The van der Waals surface area contributed by atoms with Gasteiger partial charge in [0.05, 0.1) is 12.2 Å². The molecule has 0 aromatic heterocycles. The van der Waals surface area contributed by atoms with E-state index in [2.05, 4.69) is 4.90 Å². The van der Waals surface area contributed by atoms with Crippen LogP contribution in [-0.2, 0) is 16.1 Å². The van der Waals surface area contributed by atoms with Crippen LogP contribution in [0, 0.1) is 12.7 Å². The Hall–Kier alpha value is -4.10. The maximum Gasteiger partial charge on any atom is 0.269 e. The number of Topliss-reactive ketones (excluding diaryl/α,β-unsaturated/α-hetero) is 1. The van der Waals surface area contributed by atoms with Crippen molar-refractivity contribution in [3.63, 3.8) is 0 Å². The van der Waals surface area contributed by atoms with Crippen LogP contribution in [0.3, 0.4) is 0 Å². The van der Waals surface area contributed by atoms with Crippen molar-refractivity contribution in [3.8, 4) is 0 Å². The molecule has 2 heterocycles. The van der Waals surface area contributed by atoms with Crippen molar-refractivity contribution < 1.29 is 18.8 Å². The number of benzene rings is 3. The fourth-order valence-corrected chi connectivity index (χ4v) is 6.60. The molecule has 1 spiro atoms. The molecule has 0 unspecified atom stereocenters. The summed E-state index contributed by atoms with van der Waals surface area (Å²) in [6.07, 6.45) is 9.59. The number of amides is 1. The Labute approximate surface area is 266 Å². The van der Waals surface area contributed by atoms with Crippen molar-refractivity contribution in [2.24, 2.45) is 0 Å². The van der Waals surface area contributed by atoms with E-state index in [0.717, 1.165) is 67.7 Å². The van der Waals surface area contributed by atoms with Gasteiger partial charge < -0.3 is 4.90 Å². The van der Waals surface area contributed by atoms with Gasteiger partial charge in [0.15, 0.2) is 11.6 Å². The van der Waals surface area contributed by atoms with E-state index in [1.54, 1.807) is 23.2 Å². The average molecular weight is 610 g/mol. The monoisotopic (exact) mass is 609 g/mol. The predicted octanol–water partition coefficient (Wildman–Crippen LogP) is 7.56. The minimum Gasteiger partial charge on any atom is -0.303 e. The summed E-state index contributed by atoms with van der Waals surface area (Å²) in [5.74, 6) is -0.0213. The number of unbranched alkanes of at least 4 members (excludes halogenated alkanes) is 2. The second-order valence-electron chi connectivity index (χ2n) is 12.3. The van der Waals surface area contributed by atoms with Crippen molar-refractivity contribution in [1.29, 1.82) is 0 Å². The number of hydrazine groups is 1. The highest BCUT2D eigenvalue weighted by Gasteiger charge is 2.60. The molecule has 3 aromatic carbocycles. The first-order valence-corrected chi connectivity index (χ1v) is 16.3. The van der Waals surface area contributed by atoms with Gasteiger partial charge in [0.2, 0.25) is 0 Å². The fourth-order valence-electron chi connectivity index (χ4n) is 6.60. The lowest BCUT2D eigenvalue weighted by atomic mass is 9.80. The number of piperidine rings is 1. The first kappa shape index (κ1) is 32.3. The molecule has 2 aliphatic heterocycles. The van der Waals surface area contributed by atoms with E-state index in [1.807, 2.05) is 73.5 Å². The number of halogens is 1. The van der Waals surface area contributed by atoms with Gasteiger partial charge in [-0.25, -0.2) is 9.40 Å². The summed E-state index contributed by atoms with van der Waals surface area (Å²) in [6, 6.07) is 21.9. The largest absolute Gasteiger partial charge is 0.303 e. The Bertz CT molecular complexity index is 1530. The molecule has 0 atom stereocenters. The molecule has 6 nitrogen and oxygen atoms in total. The van der Waals surface area contributed by atoms with Crippen LogP contribution in [0.5, 0.6) is 0 Å². The number of likely N-dealkylation sites (tertiary alicyclic amines) is 1. The van der Waals surface area contributed by atoms with E-state index in [0.29, 0.717) is 37.8 Å². The summed E-state index contributed by atoms with van der Waals surface area (Å²) in [7, 11) is 0. The number of anilines is 1. The number of ketones is 2. The molecule has 2 aliphatic rings. The van der Waals surface area contributed by atoms with E-state index in [-0.39, 0.29) is 23.3 Å². The summed E-state index contributed by atoms with van der Waals surface area (Å²) in [6.45, 7) is 6.85. The van der Waals surface area contributed by atoms with Crippen molar-refractivity contribution in [1.82, 2.24) is 9.91 Å². The molecule has 2 saturated heterocycles. The van der Waals surface area contributed by atoms with Crippen LogP contribution in [0.1, 0.15) is 85.3 Å². The number of carbonyl (C=O) groups excluding carboxylic acids is 3. The molecule has 0 saturated carbocycles. The third-order valence-electron chi connectivity index (χ3n) is 9.18. The van der Waals surface area contributed by atoms with E-state index in [1.165, 1.54) is 12.1 Å². The van der Waals surface area contributed by atoms with E-state index >= 15 is 0 Å². The molecular formula is C38H44FN3O3. The molecule has 7 heteroatoms. The Balaban J connectivity index is 1.16. The van der Waals surface area contributed by atoms with Crippen LogP contribution in [0.2, 0.25) is 0 Å². The predicted molar refractivity (Wildman–Crippen MR) is 177 cm³/mol. The van der Waals surface area contributed by atoms with Gasteiger partial charge in [0.1, 0.15) is 11.4 Å². The summed E-state index contributed by atoms with van der Waals surface area (Å²) in [5.41, 5.74) is 3.83. The minimum atomic E-state index is -0.674. The molecule has 236 valence electrons. The molecular weight excluding hydrogens is 565 g/mol. The molecule has 0 bridgehead atoms. The zero-order chi connectivity index (χ0) is 31.8. The van der Waals surface area contributed by atoms with E-state index in [4.69, 9.17) is 0 Å². The standard InChI is InChI=1S/C38H44FN3O3/c1-3-11-36(44)35-16-9-8-14-31(35)28-41-37(45)38(42(41)33-20-18-32(39)19-21-33)23-26-40(27-24-38)25-10-4-5-15-34(43)22-17-30-13-7-6-12-29(30)2/h6-9,12-14,16-22H,3-5,10-11,15,23-28H2,1-2H3/b22-17-. The maximum absolute atomic E-state index is 13.9. The molecule has 45 heavy (non-hydrogen) atoms. The number of rotatable bonds is 14. The topological polar surface area (TPSA) is 60.9 Å². The molecule has 2 fully saturated rings. The van der Waals surface area contributed by atoms with Crippen molar-refractivity contribution >= 4 is 29.2 Å². The normalized spacial score (nSPS) is 16.4. The summed E-state index contributed by atoms with van der Waals surface area (Å²) in [5, 5.41) is 3.77. The van der Waals surface area contributed by atoms with Gasteiger partial charge in [0, 0.05) is 31.5 Å². The highest BCUT2D eigenvalue weighted by Crippen LogP contribution is 2.44. The van der Waals surface area contributed by atoms with Gasteiger partial charge in [0.25, 0.3) is 5.91 Å². The Kier molecular flexibility index (Phi) is 10.6. The SMILES string of the molecule is CCCC(=O)c1ccccc1CN1C(=O)C2(CCN(CCCCCC(=O)/C=C\c3ccccc3C)CC2)N1c1ccc(F)cc1. The first-order chi connectivity index (χ1) is 21.8. The van der Waals surface area contributed by atoms with Crippen LogP contribution in [0.15, 0.2) is 78.9 Å². The molecule has 3 aromatic rings. The van der Waals surface area contributed by atoms with Crippen LogP contribution < -0.4 is 5.01 Å². The number of hydrogen-bond donors (Lipinski definition) is 0. The summed E-state index contributed by atoms with van der Waals surface area (Å²) < 4.78 is 13.9.